The van der Waals surface area contributed by atoms with Gasteiger partial charge in [-0.2, -0.15) is 0 Å². The molecule has 0 spiro atoms. The molecule has 1 heterocycles. The van der Waals surface area contributed by atoms with Crippen LogP contribution in [0.25, 0.3) is 0 Å². The summed E-state index contributed by atoms with van der Waals surface area (Å²) in [7, 11) is 3.31. The molecule has 2 aromatic carbocycles. The minimum atomic E-state index is -0.0244. The monoisotopic (exact) mass is 300 g/mol. The average molecular weight is 300 g/mol. The van der Waals surface area contributed by atoms with Gasteiger partial charge in [0.15, 0.2) is 0 Å². The van der Waals surface area contributed by atoms with E-state index in [0.29, 0.717) is 0 Å². The molecule has 0 aromatic heterocycles. The minimum absolute atomic E-state index is 0.0244. The quantitative estimate of drug-likeness (QED) is 0.937. The molecule has 2 aromatic rings. The summed E-state index contributed by atoms with van der Waals surface area (Å²) in [5.41, 5.74) is 3.14. The Morgan fingerprint density at radius 2 is 1.77 bits per heavy atom. The fraction of sp³-hybridized carbons (Fsp3) is 0.333. The first kappa shape index (κ1) is 14.6. The van der Waals surface area contributed by atoms with Crippen LogP contribution in [0, 0.1) is 6.92 Å². The van der Waals surface area contributed by atoms with Crippen molar-refractivity contribution < 1.29 is 19.3 Å². The third kappa shape index (κ3) is 2.45. The van der Waals surface area contributed by atoms with Crippen LogP contribution in [-0.2, 0) is 6.42 Å². The van der Waals surface area contributed by atoms with E-state index in [1.807, 2.05) is 25.1 Å². The van der Waals surface area contributed by atoms with E-state index in [1.165, 1.54) is 0 Å². The molecule has 3 rings (SSSR count). The van der Waals surface area contributed by atoms with Gasteiger partial charge in [-0.25, -0.2) is 0 Å². The highest BCUT2D eigenvalue weighted by molar-refractivity contribution is 5.57. The molecule has 0 aliphatic carbocycles. The number of phenols is 1. The van der Waals surface area contributed by atoms with E-state index in [4.69, 9.17) is 14.2 Å². The maximum Gasteiger partial charge on any atom is 0.133 e. The third-order valence-electron chi connectivity index (χ3n) is 4.17. The van der Waals surface area contributed by atoms with Crippen molar-refractivity contribution in [1.82, 2.24) is 0 Å². The van der Waals surface area contributed by atoms with E-state index >= 15 is 0 Å². The molecule has 116 valence electrons. The van der Waals surface area contributed by atoms with Gasteiger partial charge in [0, 0.05) is 17.2 Å². The topological polar surface area (TPSA) is 47.9 Å². The molecule has 0 saturated carbocycles. The maximum atomic E-state index is 9.42. The predicted octanol–water partition coefficient (Wildman–Crippen LogP) is 3.78. The van der Waals surface area contributed by atoms with Gasteiger partial charge in [-0.3, -0.25) is 0 Å². The number of phenolic OH excluding ortho intramolecular Hbond substituents is 1. The lowest BCUT2D eigenvalue weighted by atomic mass is 9.94. The molecule has 0 fully saturated rings. The lowest BCUT2D eigenvalue weighted by Crippen LogP contribution is -2.17. The van der Waals surface area contributed by atoms with Gasteiger partial charge in [-0.1, -0.05) is 12.1 Å². The molecule has 0 amide bonds. The summed E-state index contributed by atoms with van der Waals surface area (Å²) in [6.45, 7) is 2.00. The molecular weight excluding hydrogens is 280 g/mol. The molecule has 22 heavy (non-hydrogen) atoms. The number of aromatic hydroxyl groups is 1. The van der Waals surface area contributed by atoms with Crippen LogP contribution in [0.1, 0.15) is 29.2 Å². The molecular formula is C18H20O4. The Labute approximate surface area is 130 Å². The van der Waals surface area contributed by atoms with Crippen molar-refractivity contribution in [3.05, 3.63) is 47.0 Å². The number of hydrogen-bond acceptors (Lipinski definition) is 4. The Balaban J connectivity index is 1.99. The molecule has 1 atom stereocenters. The van der Waals surface area contributed by atoms with E-state index in [-0.39, 0.29) is 11.9 Å². The minimum Gasteiger partial charge on any atom is -0.508 e. The van der Waals surface area contributed by atoms with Gasteiger partial charge in [0.25, 0.3) is 0 Å². The summed E-state index contributed by atoms with van der Waals surface area (Å²) in [5, 5.41) is 9.42. The van der Waals surface area contributed by atoms with Crippen molar-refractivity contribution in [3.63, 3.8) is 0 Å². The molecule has 1 unspecified atom stereocenters. The Morgan fingerprint density at radius 3 is 2.41 bits per heavy atom. The zero-order valence-corrected chi connectivity index (χ0v) is 13.1. The fourth-order valence-electron chi connectivity index (χ4n) is 2.96. The molecule has 1 aliphatic heterocycles. The molecule has 1 N–H and O–H groups in total. The second-order valence-corrected chi connectivity index (χ2v) is 5.45. The number of ether oxygens (including phenoxy) is 3. The van der Waals surface area contributed by atoms with Crippen LogP contribution >= 0.6 is 0 Å². The largest absolute Gasteiger partial charge is 0.508 e. The van der Waals surface area contributed by atoms with Crippen molar-refractivity contribution >= 4 is 0 Å². The number of fused-ring (bicyclic) bond motifs is 1. The van der Waals surface area contributed by atoms with Crippen LogP contribution < -0.4 is 14.2 Å². The van der Waals surface area contributed by atoms with Crippen LogP contribution in [0.15, 0.2) is 30.3 Å². The van der Waals surface area contributed by atoms with E-state index in [9.17, 15) is 5.11 Å². The zero-order chi connectivity index (χ0) is 15.7. The predicted molar refractivity (Wildman–Crippen MR) is 84.1 cm³/mol. The molecule has 4 nitrogen and oxygen atoms in total. The van der Waals surface area contributed by atoms with E-state index in [0.717, 1.165) is 46.8 Å². The normalized spacial score (nSPS) is 16.6. The van der Waals surface area contributed by atoms with Gasteiger partial charge in [-0.05, 0) is 37.5 Å². The van der Waals surface area contributed by atoms with E-state index in [1.54, 1.807) is 26.4 Å². The number of rotatable bonds is 3. The number of methoxy groups -OCH3 is 2. The van der Waals surface area contributed by atoms with E-state index < -0.39 is 0 Å². The smallest absolute Gasteiger partial charge is 0.133 e. The van der Waals surface area contributed by atoms with Gasteiger partial charge >= 0.3 is 0 Å². The highest BCUT2D eigenvalue weighted by atomic mass is 16.5. The number of hydrogen-bond donors (Lipinski definition) is 1. The summed E-state index contributed by atoms with van der Waals surface area (Å²) in [5.74, 6) is 2.68. The number of benzene rings is 2. The molecule has 4 heteroatoms. The first-order valence-corrected chi connectivity index (χ1v) is 7.34. The summed E-state index contributed by atoms with van der Waals surface area (Å²) >= 11 is 0. The first-order valence-electron chi connectivity index (χ1n) is 7.34. The van der Waals surface area contributed by atoms with E-state index in [2.05, 4.69) is 0 Å². The lowest BCUT2D eigenvalue weighted by Gasteiger charge is -2.29. The molecule has 0 bridgehead atoms. The summed E-state index contributed by atoms with van der Waals surface area (Å²) < 4.78 is 17.1. The third-order valence-corrected chi connectivity index (χ3v) is 4.17. The Morgan fingerprint density at radius 1 is 1.09 bits per heavy atom. The fourth-order valence-corrected chi connectivity index (χ4v) is 2.96. The summed E-state index contributed by atoms with van der Waals surface area (Å²) in [6.07, 6.45) is 1.73. The zero-order valence-electron chi connectivity index (χ0n) is 13.1. The Bertz CT molecular complexity index is 676. The molecule has 1 aliphatic rings. The van der Waals surface area contributed by atoms with Gasteiger partial charge in [0.2, 0.25) is 0 Å². The highest BCUT2D eigenvalue weighted by Crippen LogP contribution is 2.45. The van der Waals surface area contributed by atoms with Crippen LogP contribution in [0.3, 0.4) is 0 Å². The first-order chi connectivity index (χ1) is 10.6. The second kappa shape index (κ2) is 5.79. The van der Waals surface area contributed by atoms with Gasteiger partial charge in [0.05, 0.1) is 14.2 Å². The van der Waals surface area contributed by atoms with Crippen molar-refractivity contribution in [2.75, 3.05) is 14.2 Å². The average Bonchev–Trinajstić information content (AvgIpc) is 2.56. The van der Waals surface area contributed by atoms with Crippen molar-refractivity contribution in [1.29, 1.82) is 0 Å². The van der Waals surface area contributed by atoms with Crippen LogP contribution in [0.5, 0.6) is 23.0 Å². The van der Waals surface area contributed by atoms with Crippen LogP contribution in [0.2, 0.25) is 0 Å². The second-order valence-electron chi connectivity index (χ2n) is 5.45. The van der Waals surface area contributed by atoms with Crippen LogP contribution in [-0.4, -0.2) is 19.3 Å². The van der Waals surface area contributed by atoms with Crippen LogP contribution in [0.4, 0.5) is 0 Å². The van der Waals surface area contributed by atoms with Gasteiger partial charge in [0.1, 0.15) is 29.1 Å². The van der Waals surface area contributed by atoms with Gasteiger partial charge < -0.3 is 19.3 Å². The summed E-state index contributed by atoms with van der Waals surface area (Å²) in [4.78, 5) is 0. The highest BCUT2D eigenvalue weighted by Gasteiger charge is 2.27. The van der Waals surface area contributed by atoms with Gasteiger partial charge in [-0.15, -0.1) is 0 Å². The Hall–Kier alpha value is -2.36. The SMILES string of the molecule is COc1cc(OC)c2c(c1C)OC(c1ccc(O)cc1)CC2. The van der Waals surface area contributed by atoms with Crippen molar-refractivity contribution in [2.24, 2.45) is 0 Å². The standard InChI is InChI=1S/C18H20O4/c1-11-16(20-2)10-17(21-3)14-8-9-15(22-18(11)14)12-4-6-13(19)7-5-12/h4-7,10,15,19H,8-9H2,1-3H3. The molecule has 0 radical (unpaired) electrons. The maximum absolute atomic E-state index is 9.42. The lowest BCUT2D eigenvalue weighted by molar-refractivity contribution is 0.172. The van der Waals surface area contributed by atoms with Crippen molar-refractivity contribution in [3.8, 4) is 23.0 Å². The Kier molecular flexibility index (Phi) is 3.84. The van der Waals surface area contributed by atoms with Crippen molar-refractivity contribution in [2.45, 2.75) is 25.9 Å². The molecule has 0 saturated heterocycles. The summed E-state index contributed by atoms with van der Waals surface area (Å²) in [6, 6.07) is 9.09.